The summed E-state index contributed by atoms with van der Waals surface area (Å²) in [4.78, 5) is 15.7. The molecule has 0 spiro atoms. The van der Waals surface area contributed by atoms with Crippen LogP contribution in [0.4, 0.5) is 4.79 Å². The zero-order valence-corrected chi connectivity index (χ0v) is 11.8. The first-order chi connectivity index (χ1) is 8.72. The second-order valence-electron chi connectivity index (χ2n) is 6.30. The van der Waals surface area contributed by atoms with E-state index in [-0.39, 0.29) is 6.10 Å². The predicted molar refractivity (Wildman–Crippen MR) is 67.8 cm³/mol. The molecule has 1 radical (unpaired) electrons. The van der Waals surface area contributed by atoms with Gasteiger partial charge in [0.2, 0.25) is 0 Å². The minimum Gasteiger partial charge on any atom is -0.445 e. The van der Waals surface area contributed by atoms with Crippen LogP contribution in [0.2, 0.25) is 0 Å². The first-order valence-corrected chi connectivity index (χ1v) is 6.39. The van der Waals surface area contributed by atoms with Crippen LogP contribution in [-0.4, -0.2) is 37.9 Å². The van der Waals surface area contributed by atoms with Gasteiger partial charge >= 0.3 is 6.09 Å². The van der Waals surface area contributed by atoms with Crippen LogP contribution in [0.25, 0.3) is 0 Å². The molecule has 0 amide bonds. The van der Waals surface area contributed by atoms with Crippen molar-refractivity contribution >= 4 is 6.09 Å². The predicted octanol–water partition coefficient (Wildman–Crippen LogP) is 2.23. The lowest BCUT2D eigenvalue weighted by Crippen LogP contribution is -2.60. The van der Waals surface area contributed by atoms with E-state index in [0.717, 1.165) is 5.06 Å². The average Bonchev–Trinajstić information content (AvgIpc) is 2.78. The van der Waals surface area contributed by atoms with Crippen LogP contribution in [0.1, 0.15) is 40.5 Å². The molecule has 0 aliphatic carbocycles. The summed E-state index contributed by atoms with van der Waals surface area (Å²) >= 11 is 0. The third-order valence-electron chi connectivity index (χ3n) is 3.54. The molecule has 0 saturated carbocycles. The SMILES string of the molecule is CC1(C)CC(OC(=O)n2ccnc2)CC(C)(C)N1[O]. The lowest BCUT2D eigenvalue weighted by atomic mass is 9.80. The maximum atomic E-state index is 12.2. The highest BCUT2D eigenvalue weighted by Gasteiger charge is 2.47. The fraction of sp³-hybridized carbons (Fsp3) is 0.692. The Balaban J connectivity index is 2.08. The van der Waals surface area contributed by atoms with Gasteiger partial charge in [-0.1, -0.05) is 0 Å². The molecule has 1 aromatic rings. The molecule has 2 heterocycles. The molecule has 1 saturated heterocycles. The summed E-state index contributed by atoms with van der Waals surface area (Å²) in [5, 5.41) is 13.3. The molecule has 6 heteroatoms. The van der Waals surface area contributed by atoms with Crippen molar-refractivity contribution in [3.05, 3.63) is 18.7 Å². The smallest absolute Gasteiger partial charge is 0.419 e. The minimum atomic E-state index is -0.540. The van der Waals surface area contributed by atoms with E-state index >= 15 is 0 Å². The van der Waals surface area contributed by atoms with Gasteiger partial charge in [-0.05, 0) is 27.7 Å². The molecular weight excluding hydrogens is 246 g/mol. The zero-order valence-electron chi connectivity index (χ0n) is 11.8. The number of imidazole rings is 1. The summed E-state index contributed by atoms with van der Waals surface area (Å²) in [7, 11) is 0. The Hall–Kier alpha value is -1.40. The van der Waals surface area contributed by atoms with Crippen LogP contribution in [-0.2, 0) is 9.94 Å². The fourth-order valence-corrected chi connectivity index (χ4v) is 2.83. The van der Waals surface area contributed by atoms with E-state index in [2.05, 4.69) is 4.98 Å². The molecule has 19 heavy (non-hydrogen) atoms. The van der Waals surface area contributed by atoms with Crippen LogP contribution < -0.4 is 0 Å². The maximum Gasteiger partial charge on any atom is 0.419 e. The molecule has 0 bridgehead atoms. The van der Waals surface area contributed by atoms with Gasteiger partial charge in [-0.25, -0.2) is 14.3 Å². The first-order valence-electron chi connectivity index (χ1n) is 6.39. The standard InChI is InChI=1S/C13H20N3O3/c1-12(2)7-10(8-13(3,4)16(12)18)19-11(17)15-6-5-14-9-15/h5-6,9-10H,7-8H2,1-4H3. The Morgan fingerprint density at radius 1 is 1.26 bits per heavy atom. The number of hydroxylamine groups is 2. The third kappa shape index (κ3) is 2.79. The Morgan fingerprint density at radius 3 is 2.32 bits per heavy atom. The third-order valence-corrected chi connectivity index (χ3v) is 3.54. The minimum absolute atomic E-state index is 0.259. The van der Waals surface area contributed by atoms with Gasteiger partial charge in [-0.2, -0.15) is 0 Å². The Labute approximate surface area is 112 Å². The van der Waals surface area contributed by atoms with E-state index < -0.39 is 17.2 Å². The number of nitrogens with zero attached hydrogens (tertiary/aromatic N) is 3. The van der Waals surface area contributed by atoms with Crippen molar-refractivity contribution in [2.24, 2.45) is 0 Å². The Morgan fingerprint density at radius 2 is 1.84 bits per heavy atom. The molecule has 1 aromatic heterocycles. The largest absolute Gasteiger partial charge is 0.445 e. The summed E-state index contributed by atoms with van der Waals surface area (Å²) < 4.78 is 6.77. The van der Waals surface area contributed by atoms with Gasteiger partial charge in [-0.3, -0.25) is 0 Å². The molecule has 6 nitrogen and oxygen atoms in total. The van der Waals surface area contributed by atoms with E-state index in [0.29, 0.717) is 12.8 Å². The highest BCUT2D eigenvalue weighted by molar-refractivity contribution is 5.70. The van der Waals surface area contributed by atoms with Crippen LogP contribution in [0, 0.1) is 0 Å². The van der Waals surface area contributed by atoms with Gasteiger partial charge in [0.15, 0.2) is 0 Å². The van der Waals surface area contributed by atoms with Crippen LogP contribution in [0.5, 0.6) is 0 Å². The number of aromatic nitrogens is 2. The Kier molecular flexibility index (Phi) is 3.40. The molecule has 0 atom stereocenters. The van der Waals surface area contributed by atoms with Gasteiger partial charge in [0.1, 0.15) is 12.4 Å². The Bertz CT molecular complexity index is 436. The molecule has 0 N–H and O–H groups in total. The van der Waals surface area contributed by atoms with Gasteiger partial charge in [-0.15, -0.1) is 10.3 Å². The van der Waals surface area contributed by atoms with Gasteiger partial charge in [0.25, 0.3) is 0 Å². The van der Waals surface area contributed by atoms with Gasteiger partial charge in [0.05, 0.1) is 0 Å². The number of carbonyl (C=O) groups is 1. The van der Waals surface area contributed by atoms with E-state index in [1.54, 1.807) is 6.20 Å². The van der Waals surface area contributed by atoms with E-state index in [1.807, 2.05) is 27.7 Å². The van der Waals surface area contributed by atoms with Crippen molar-refractivity contribution in [2.45, 2.75) is 57.7 Å². The average molecular weight is 266 g/mol. The normalized spacial score (nSPS) is 23.2. The molecule has 105 valence electrons. The van der Waals surface area contributed by atoms with Crippen molar-refractivity contribution in [3.8, 4) is 0 Å². The topological polar surface area (TPSA) is 67.3 Å². The monoisotopic (exact) mass is 266 g/mol. The number of piperidine rings is 1. The van der Waals surface area contributed by atoms with Crippen molar-refractivity contribution < 1.29 is 14.7 Å². The highest BCUT2D eigenvalue weighted by atomic mass is 16.6. The van der Waals surface area contributed by atoms with Crippen LogP contribution in [0.3, 0.4) is 0 Å². The maximum absolute atomic E-state index is 12.2. The van der Waals surface area contributed by atoms with Gasteiger partial charge < -0.3 is 4.74 Å². The molecule has 2 rings (SSSR count). The van der Waals surface area contributed by atoms with Gasteiger partial charge in [0, 0.05) is 36.3 Å². The number of rotatable bonds is 1. The van der Waals surface area contributed by atoms with Crippen molar-refractivity contribution in [2.75, 3.05) is 0 Å². The number of hydrogen-bond acceptors (Lipinski definition) is 4. The zero-order chi connectivity index (χ0) is 14.3. The second-order valence-corrected chi connectivity index (χ2v) is 6.30. The number of carbonyl (C=O) groups excluding carboxylic acids is 1. The van der Waals surface area contributed by atoms with E-state index in [1.165, 1.54) is 17.1 Å². The van der Waals surface area contributed by atoms with E-state index in [4.69, 9.17) is 4.74 Å². The quantitative estimate of drug-likeness (QED) is 0.781. The van der Waals surface area contributed by atoms with Crippen LogP contribution in [0.15, 0.2) is 18.7 Å². The summed E-state index contributed by atoms with van der Waals surface area (Å²) in [6, 6.07) is 0. The molecule has 0 unspecified atom stereocenters. The summed E-state index contributed by atoms with van der Waals surface area (Å²) in [6.07, 6.45) is 4.82. The summed E-state index contributed by atoms with van der Waals surface area (Å²) in [5.41, 5.74) is -1.08. The van der Waals surface area contributed by atoms with Crippen molar-refractivity contribution in [1.29, 1.82) is 0 Å². The highest BCUT2D eigenvalue weighted by Crippen LogP contribution is 2.38. The second kappa shape index (κ2) is 4.61. The molecule has 0 aromatic carbocycles. The molecule has 1 fully saturated rings. The van der Waals surface area contributed by atoms with Crippen LogP contribution >= 0.6 is 0 Å². The first kappa shape index (κ1) is 14.0. The van der Waals surface area contributed by atoms with Crippen molar-refractivity contribution in [1.82, 2.24) is 14.6 Å². The fourth-order valence-electron chi connectivity index (χ4n) is 2.83. The number of hydrogen-bond donors (Lipinski definition) is 0. The van der Waals surface area contributed by atoms with E-state index in [9.17, 15) is 10.0 Å². The molecular formula is C13H20N3O3. The molecule has 1 aliphatic heterocycles. The molecule has 1 aliphatic rings. The van der Waals surface area contributed by atoms with Crippen molar-refractivity contribution in [3.63, 3.8) is 0 Å². The lowest BCUT2D eigenvalue weighted by molar-refractivity contribution is -0.298. The summed E-state index contributed by atoms with van der Waals surface area (Å²) in [5.74, 6) is 0. The summed E-state index contributed by atoms with van der Waals surface area (Å²) in [6.45, 7) is 7.50. The number of ether oxygens (including phenoxy) is 1. The lowest BCUT2D eigenvalue weighted by Gasteiger charge is -2.49.